The lowest BCUT2D eigenvalue weighted by Crippen LogP contribution is -2.48. The summed E-state index contributed by atoms with van der Waals surface area (Å²) in [5.74, 6) is -0.170. The molecule has 0 aliphatic heterocycles. The largest absolute Gasteiger partial charge is 0.345 e. The van der Waals surface area contributed by atoms with Gasteiger partial charge in [0.25, 0.3) is 0 Å². The van der Waals surface area contributed by atoms with Crippen LogP contribution in [0.15, 0.2) is 72.9 Å². The molecule has 4 rings (SSSR count). The van der Waals surface area contributed by atoms with E-state index in [1.54, 1.807) is 17.0 Å². The van der Waals surface area contributed by atoms with Crippen LogP contribution in [0.4, 0.5) is 4.39 Å². The Bertz CT molecular complexity index is 1120. The maximum absolute atomic E-state index is 13.6. The first-order valence-corrected chi connectivity index (χ1v) is 12.4. The standard InChI is InChI=1S/C29H34FN3O2/c1-22(2)33(29(35)25-10-6-11-25)21-28(34)32(19-23-8-4-3-5-9-23)20-27-12-7-17-31(27)18-24-13-15-26(30)16-14-24/h3-5,7-9,12-17,22,25H,6,10-11,18-21H2,1-2H3. The molecule has 184 valence electrons. The molecule has 1 fully saturated rings. The molecule has 1 heterocycles. The molecule has 2 aromatic carbocycles. The van der Waals surface area contributed by atoms with E-state index in [1.165, 1.54) is 12.1 Å². The van der Waals surface area contributed by atoms with Gasteiger partial charge in [0.15, 0.2) is 0 Å². The van der Waals surface area contributed by atoms with Crippen LogP contribution in [0.2, 0.25) is 0 Å². The van der Waals surface area contributed by atoms with Crippen LogP contribution in [0.3, 0.4) is 0 Å². The number of carbonyl (C=O) groups is 2. The monoisotopic (exact) mass is 475 g/mol. The predicted octanol–water partition coefficient (Wildman–Crippen LogP) is 5.24. The third-order valence-corrected chi connectivity index (χ3v) is 6.78. The maximum atomic E-state index is 13.6. The summed E-state index contributed by atoms with van der Waals surface area (Å²) in [7, 11) is 0. The van der Waals surface area contributed by atoms with Crippen LogP contribution < -0.4 is 0 Å². The summed E-state index contributed by atoms with van der Waals surface area (Å²) in [4.78, 5) is 30.2. The van der Waals surface area contributed by atoms with Crippen molar-refractivity contribution in [3.05, 3.63) is 95.6 Å². The molecule has 0 saturated heterocycles. The number of nitrogens with zero attached hydrogens (tertiary/aromatic N) is 3. The van der Waals surface area contributed by atoms with E-state index >= 15 is 0 Å². The van der Waals surface area contributed by atoms with Crippen LogP contribution in [0, 0.1) is 11.7 Å². The number of benzene rings is 2. The lowest BCUT2D eigenvalue weighted by Gasteiger charge is -2.35. The molecular formula is C29H34FN3O2. The van der Waals surface area contributed by atoms with Crippen molar-refractivity contribution in [3.63, 3.8) is 0 Å². The predicted molar refractivity (Wildman–Crippen MR) is 135 cm³/mol. The molecular weight excluding hydrogens is 441 g/mol. The van der Waals surface area contributed by atoms with Gasteiger partial charge in [0.05, 0.1) is 6.54 Å². The van der Waals surface area contributed by atoms with E-state index in [9.17, 15) is 14.0 Å². The molecule has 1 saturated carbocycles. The maximum Gasteiger partial charge on any atom is 0.242 e. The first kappa shape index (κ1) is 24.7. The van der Waals surface area contributed by atoms with Crippen molar-refractivity contribution in [1.82, 2.24) is 14.4 Å². The van der Waals surface area contributed by atoms with E-state index in [0.29, 0.717) is 19.6 Å². The van der Waals surface area contributed by atoms with Crippen LogP contribution in [0.5, 0.6) is 0 Å². The number of carbonyl (C=O) groups excluding carboxylic acids is 2. The van der Waals surface area contributed by atoms with E-state index in [0.717, 1.165) is 36.1 Å². The lowest BCUT2D eigenvalue weighted by molar-refractivity contribution is -0.147. The molecule has 5 nitrogen and oxygen atoms in total. The summed E-state index contributed by atoms with van der Waals surface area (Å²) >= 11 is 0. The van der Waals surface area contributed by atoms with Gasteiger partial charge in [0, 0.05) is 36.9 Å². The summed E-state index contributed by atoms with van der Waals surface area (Å²) < 4.78 is 15.4. The van der Waals surface area contributed by atoms with Gasteiger partial charge in [-0.15, -0.1) is 0 Å². The zero-order valence-corrected chi connectivity index (χ0v) is 20.6. The fraction of sp³-hybridized carbons (Fsp3) is 0.379. The van der Waals surface area contributed by atoms with E-state index < -0.39 is 0 Å². The smallest absolute Gasteiger partial charge is 0.242 e. The minimum Gasteiger partial charge on any atom is -0.345 e. The highest BCUT2D eigenvalue weighted by molar-refractivity contribution is 5.86. The first-order chi connectivity index (χ1) is 16.9. The summed E-state index contributed by atoms with van der Waals surface area (Å²) in [5, 5.41) is 0. The van der Waals surface area contributed by atoms with Crippen molar-refractivity contribution < 1.29 is 14.0 Å². The van der Waals surface area contributed by atoms with Crippen molar-refractivity contribution in [2.45, 2.75) is 58.8 Å². The second-order valence-electron chi connectivity index (χ2n) is 9.68. The molecule has 0 radical (unpaired) electrons. The minimum absolute atomic E-state index is 0.0343. The van der Waals surface area contributed by atoms with Crippen molar-refractivity contribution in [1.29, 1.82) is 0 Å². The highest BCUT2D eigenvalue weighted by Crippen LogP contribution is 2.29. The van der Waals surface area contributed by atoms with Gasteiger partial charge >= 0.3 is 0 Å². The Hall–Kier alpha value is -3.41. The van der Waals surface area contributed by atoms with Crippen LogP contribution >= 0.6 is 0 Å². The molecule has 0 unspecified atom stereocenters. The molecule has 0 N–H and O–H groups in total. The Kier molecular flexibility index (Phi) is 8.01. The Morgan fingerprint density at radius 2 is 1.66 bits per heavy atom. The van der Waals surface area contributed by atoms with Gasteiger partial charge in [-0.25, -0.2) is 4.39 Å². The summed E-state index contributed by atoms with van der Waals surface area (Å²) in [6.45, 7) is 5.50. The molecule has 1 aromatic heterocycles. The second-order valence-corrected chi connectivity index (χ2v) is 9.68. The molecule has 0 atom stereocenters. The van der Waals surface area contributed by atoms with Gasteiger partial charge in [-0.3, -0.25) is 9.59 Å². The molecule has 0 spiro atoms. The highest BCUT2D eigenvalue weighted by atomic mass is 19.1. The SMILES string of the molecule is CC(C)N(CC(=O)N(Cc1ccccc1)Cc1cccn1Cc1ccc(F)cc1)C(=O)C1CCC1. The Labute approximate surface area is 207 Å². The molecule has 6 heteroatoms. The van der Waals surface area contributed by atoms with Gasteiger partial charge in [0.2, 0.25) is 11.8 Å². The molecule has 1 aliphatic rings. The Morgan fingerprint density at radius 3 is 2.29 bits per heavy atom. The van der Waals surface area contributed by atoms with E-state index in [1.807, 2.05) is 67.4 Å². The minimum atomic E-state index is -0.257. The number of hydrogen-bond donors (Lipinski definition) is 0. The van der Waals surface area contributed by atoms with Crippen molar-refractivity contribution >= 4 is 11.8 Å². The summed E-state index contributed by atoms with van der Waals surface area (Å²) in [6.07, 6.45) is 4.90. The van der Waals surface area contributed by atoms with E-state index in [2.05, 4.69) is 4.57 Å². The lowest BCUT2D eigenvalue weighted by atomic mass is 9.84. The quantitative estimate of drug-likeness (QED) is 0.403. The van der Waals surface area contributed by atoms with Crippen molar-refractivity contribution in [3.8, 4) is 0 Å². The van der Waals surface area contributed by atoms with Crippen LogP contribution in [0.25, 0.3) is 0 Å². The zero-order valence-electron chi connectivity index (χ0n) is 20.6. The van der Waals surface area contributed by atoms with Gasteiger partial charge in [-0.2, -0.15) is 0 Å². The number of halogens is 1. The number of aromatic nitrogens is 1. The zero-order chi connectivity index (χ0) is 24.8. The summed E-state index contributed by atoms with van der Waals surface area (Å²) in [6, 6.07) is 20.3. The second kappa shape index (κ2) is 11.3. The fourth-order valence-corrected chi connectivity index (χ4v) is 4.42. The first-order valence-electron chi connectivity index (χ1n) is 12.4. The molecule has 35 heavy (non-hydrogen) atoms. The van der Waals surface area contributed by atoms with Crippen molar-refractivity contribution in [2.24, 2.45) is 5.92 Å². The third-order valence-electron chi connectivity index (χ3n) is 6.78. The van der Waals surface area contributed by atoms with Crippen molar-refractivity contribution in [2.75, 3.05) is 6.54 Å². The molecule has 1 aliphatic carbocycles. The number of rotatable bonds is 10. The van der Waals surface area contributed by atoms with Gasteiger partial charge < -0.3 is 14.4 Å². The van der Waals surface area contributed by atoms with E-state index in [4.69, 9.17) is 0 Å². The van der Waals surface area contributed by atoms with Gasteiger partial charge in [-0.05, 0) is 62.1 Å². The van der Waals surface area contributed by atoms with Crippen LogP contribution in [-0.4, -0.2) is 38.8 Å². The summed E-state index contributed by atoms with van der Waals surface area (Å²) in [5.41, 5.74) is 3.01. The van der Waals surface area contributed by atoms with Gasteiger partial charge in [-0.1, -0.05) is 48.9 Å². The molecule has 3 aromatic rings. The fourth-order valence-electron chi connectivity index (χ4n) is 4.42. The molecule has 2 amide bonds. The Balaban J connectivity index is 1.53. The third kappa shape index (κ3) is 6.38. The number of hydrogen-bond acceptors (Lipinski definition) is 2. The van der Waals surface area contributed by atoms with Crippen LogP contribution in [-0.2, 0) is 29.2 Å². The molecule has 0 bridgehead atoms. The average molecular weight is 476 g/mol. The van der Waals surface area contributed by atoms with Gasteiger partial charge in [0.1, 0.15) is 12.4 Å². The topological polar surface area (TPSA) is 45.6 Å². The van der Waals surface area contributed by atoms with E-state index in [-0.39, 0.29) is 36.1 Å². The normalized spacial score (nSPS) is 13.5. The highest BCUT2D eigenvalue weighted by Gasteiger charge is 2.32. The average Bonchev–Trinajstić information content (AvgIpc) is 3.24. The van der Waals surface area contributed by atoms with Crippen LogP contribution in [0.1, 0.15) is 49.9 Å². The number of amides is 2. The Morgan fingerprint density at radius 1 is 0.943 bits per heavy atom.